The highest BCUT2D eigenvalue weighted by molar-refractivity contribution is 6.96. The van der Waals surface area contributed by atoms with Gasteiger partial charge in [-0.25, -0.2) is 0 Å². The van der Waals surface area contributed by atoms with Crippen molar-refractivity contribution in [3.05, 3.63) is 30.3 Å². The predicted molar refractivity (Wildman–Crippen MR) is 141 cm³/mol. The molecule has 34 heavy (non-hydrogen) atoms. The summed E-state index contributed by atoms with van der Waals surface area (Å²) < 4.78 is 37.8. The van der Waals surface area contributed by atoms with Crippen molar-refractivity contribution in [2.45, 2.75) is 39.3 Å². The molecule has 0 aliphatic rings. The van der Waals surface area contributed by atoms with E-state index in [0.29, 0.717) is 18.7 Å². The summed E-state index contributed by atoms with van der Waals surface area (Å²) in [6.45, 7) is 12.9. The summed E-state index contributed by atoms with van der Waals surface area (Å²) in [7, 11) is -10.9. The van der Waals surface area contributed by atoms with Gasteiger partial charge in [0.15, 0.2) is 0 Å². The van der Waals surface area contributed by atoms with E-state index in [0.717, 1.165) is 5.19 Å². The van der Waals surface area contributed by atoms with Gasteiger partial charge in [0.05, 0.1) is 58.3 Å². The minimum Gasteiger partial charge on any atom is -0.411 e. The van der Waals surface area contributed by atoms with Crippen molar-refractivity contribution >= 4 is 38.9 Å². The van der Waals surface area contributed by atoms with E-state index in [4.69, 9.17) is 41.9 Å². The summed E-state index contributed by atoms with van der Waals surface area (Å²) in [6, 6.07) is 9.78. The quantitative estimate of drug-likeness (QED) is 0.172. The molecule has 1 aromatic rings. The molecular weight excluding hydrogens is 509 g/mol. The first-order valence-corrected chi connectivity index (χ1v) is 22.7. The zero-order valence-corrected chi connectivity index (χ0v) is 25.5. The number of aliphatic hydroxyl groups excluding tert-OH is 3. The number of ether oxygens (including phenoxy) is 3. The highest BCUT2D eigenvalue weighted by Gasteiger charge is 2.54. The topological polar surface area (TPSA) is 116 Å². The normalized spacial score (nSPS) is 13.4. The van der Waals surface area contributed by atoms with Crippen LogP contribution in [-0.4, -0.2) is 107 Å². The maximum Gasteiger partial charge on any atom is 0.506 e. The van der Waals surface area contributed by atoms with Crippen molar-refractivity contribution < 1.29 is 41.9 Å². The average Bonchev–Trinajstić information content (AvgIpc) is 2.73. The fourth-order valence-electron chi connectivity index (χ4n) is 3.21. The van der Waals surface area contributed by atoms with Crippen molar-refractivity contribution in [2.24, 2.45) is 0 Å². The lowest BCUT2D eigenvalue weighted by molar-refractivity contribution is 0.104. The smallest absolute Gasteiger partial charge is 0.411 e. The van der Waals surface area contributed by atoms with E-state index < -0.39 is 33.8 Å². The summed E-state index contributed by atoms with van der Waals surface area (Å²) in [5.41, 5.74) is 0. The Kier molecular flexibility index (Phi) is 14.1. The summed E-state index contributed by atoms with van der Waals surface area (Å²) in [6.07, 6.45) is 1.15. The summed E-state index contributed by atoms with van der Waals surface area (Å²) >= 11 is 0. The Hall–Kier alpha value is -0.272. The molecule has 0 saturated heterocycles. The Morgan fingerprint density at radius 1 is 0.559 bits per heavy atom. The number of benzene rings is 1. The number of aliphatic hydroxyl groups is 3. The molecule has 0 aliphatic carbocycles. The first-order chi connectivity index (χ1) is 15.9. The monoisotopic (exact) mass is 552 g/mol. The lowest BCUT2D eigenvalue weighted by Gasteiger charge is -2.44. The van der Waals surface area contributed by atoms with Crippen LogP contribution < -0.4 is 5.19 Å². The molecule has 1 rings (SSSR count). The second kappa shape index (κ2) is 15.1. The molecule has 0 bridgehead atoms. The van der Waals surface area contributed by atoms with Crippen LogP contribution in [0.15, 0.2) is 30.3 Å². The largest absolute Gasteiger partial charge is 0.506 e. The van der Waals surface area contributed by atoms with Crippen molar-refractivity contribution in [1.82, 2.24) is 0 Å². The molecule has 0 atom stereocenters. The maximum absolute atomic E-state index is 9.14. The van der Waals surface area contributed by atoms with Gasteiger partial charge in [-0.3, -0.25) is 0 Å². The van der Waals surface area contributed by atoms with Crippen LogP contribution in [0, 0.1) is 0 Å². The second-order valence-electron chi connectivity index (χ2n) is 9.84. The van der Waals surface area contributed by atoms with E-state index in [1.165, 1.54) is 0 Å². The van der Waals surface area contributed by atoms with Gasteiger partial charge in [0.2, 0.25) is 25.0 Å². The molecule has 0 fully saturated rings. The Labute approximate surface area is 208 Å². The molecule has 0 saturated carbocycles. The van der Waals surface area contributed by atoms with Crippen LogP contribution in [-0.2, 0) is 26.6 Å². The second-order valence-corrected chi connectivity index (χ2v) is 25.4. The van der Waals surface area contributed by atoms with Gasteiger partial charge in [-0.15, -0.1) is 0 Å². The van der Waals surface area contributed by atoms with Crippen molar-refractivity contribution in [3.63, 3.8) is 0 Å². The van der Waals surface area contributed by atoms with E-state index in [1.54, 1.807) is 0 Å². The molecule has 1 aromatic carbocycles. The zero-order chi connectivity index (χ0) is 25.7. The molecule has 0 spiro atoms. The fraction of sp³-hybridized carbons (Fsp3) is 0.714. The fourth-order valence-corrected chi connectivity index (χ4v) is 18.2. The molecule has 0 aliphatic heterocycles. The molecule has 3 N–H and O–H groups in total. The molecular formula is C21H44O9Si4. The number of hydrogen-bond acceptors (Lipinski definition) is 9. The minimum absolute atomic E-state index is 0.0526. The predicted octanol–water partition coefficient (Wildman–Crippen LogP) is 1.14. The van der Waals surface area contributed by atoms with Crippen molar-refractivity contribution in [1.29, 1.82) is 0 Å². The Balaban J connectivity index is 3.41. The van der Waals surface area contributed by atoms with E-state index in [9.17, 15) is 0 Å². The summed E-state index contributed by atoms with van der Waals surface area (Å²) in [4.78, 5) is 0. The van der Waals surface area contributed by atoms with Gasteiger partial charge in [0.25, 0.3) is 0 Å². The van der Waals surface area contributed by atoms with Gasteiger partial charge in [0, 0.05) is 5.19 Å². The van der Waals surface area contributed by atoms with Gasteiger partial charge < -0.3 is 41.9 Å². The lowest BCUT2D eigenvalue weighted by atomic mass is 10.4. The van der Waals surface area contributed by atoms with E-state index in [-0.39, 0.29) is 39.6 Å². The van der Waals surface area contributed by atoms with Crippen LogP contribution in [0.4, 0.5) is 0 Å². The third-order valence-electron chi connectivity index (χ3n) is 4.42. The lowest BCUT2D eigenvalue weighted by Crippen LogP contribution is -2.70. The van der Waals surface area contributed by atoms with Crippen molar-refractivity contribution in [2.75, 3.05) is 58.3 Å². The summed E-state index contributed by atoms with van der Waals surface area (Å²) in [5.74, 6) is 0. The van der Waals surface area contributed by atoms with Gasteiger partial charge >= 0.3 is 8.80 Å². The molecule has 9 nitrogen and oxygen atoms in total. The zero-order valence-electron chi connectivity index (χ0n) is 21.5. The van der Waals surface area contributed by atoms with Gasteiger partial charge in [-0.05, 0) is 39.3 Å². The first kappa shape index (κ1) is 31.8. The number of rotatable bonds is 19. The minimum atomic E-state index is -3.50. The SMILES string of the molecule is C[Si](C)(COCCO)O[Si](O[Si](C)(C)COCCO)(O[Si](C)(C)COCCO)c1ccccc1. The van der Waals surface area contributed by atoms with E-state index in [1.807, 2.05) is 30.3 Å². The van der Waals surface area contributed by atoms with Crippen LogP contribution in [0.25, 0.3) is 0 Å². The van der Waals surface area contributed by atoms with E-state index >= 15 is 0 Å². The standard InChI is InChI=1S/C21H44O9Si4/c1-31(2,18-25-15-12-22)28-34(21-10-8-7-9-11-21,29-32(3,4)19-26-16-13-23)30-33(5,6)20-27-17-14-24/h7-11,22-24H,12-20H2,1-6H3. The van der Waals surface area contributed by atoms with Crippen LogP contribution in [0.5, 0.6) is 0 Å². The van der Waals surface area contributed by atoms with Gasteiger partial charge in [-0.2, -0.15) is 0 Å². The van der Waals surface area contributed by atoms with Crippen LogP contribution in [0.3, 0.4) is 0 Å². The molecule has 0 heterocycles. The average molecular weight is 553 g/mol. The van der Waals surface area contributed by atoms with Gasteiger partial charge in [-0.1, -0.05) is 30.3 Å². The maximum atomic E-state index is 9.14. The highest BCUT2D eigenvalue weighted by atomic mass is 28.5. The molecule has 0 aromatic heterocycles. The molecule has 0 radical (unpaired) electrons. The highest BCUT2D eigenvalue weighted by Crippen LogP contribution is 2.26. The van der Waals surface area contributed by atoms with Crippen LogP contribution in [0.2, 0.25) is 39.3 Å². The van der Waals surface area contributed by atoms with E-state index in [2.05, 4.69) is 39.3 Å². The first-order valence-electron chi connectivity index (χ1n) is 11.6. The van der Waals surface area contributed by atoms with Crippen molar-refractivity contribution in [3.8, 4) is 0 Å². The molecule has 0 unspecified atom stereocenters. The van der Waals surface area contributed by atoms with Crippen LogP contribution in [0.1, 0.15) is 0 Å². The molecule has 13 heteroatoms. The third-order valence-corrected chi connectivity index (χ3v) is 18.0. The Morgan fingerprint density at radius 2 is 0.882 bits per heavy atom. The Bertz CT molecular complexity index is 618. The molecule has 0 amide bonds. The summed E-state index contributed by atoms with van der Waals surface area (Å²) in [5, 5.41) is 28.3. The molecule has 198 valence electrons. The Morgan fingerprint density at radius 3 is 1.18 bits per heavy atom. The number of hydrogen-bond donors (Lipinski definition) is 3. The van der Waals surface area contributed by atoms with Gasteiger partial charge in [0.1, 0.15) is 0 Å². The van der Waals surface area contributed by atoms with Crippen LogP contribution >= 0.6 is 0 Å². The third kappa shape index (κ3) is 12.1.